The summed E-state index contributed by atoms with van der Waals surface area (Å²) in [6, 6.07) is 11.8. The summed E-state index contributed by atoms with van der Waals surface area (Å²) in [7, 11) is -4.82. The number of nitrogens with zero attached hydrogens (tertiary/aromatic N) is 1. The number of hydrogen-bond donors (Lipinski definition) is 4. The normalized spacial score (nSPS) is 25.6. The molecule has 1 aliphatic heterocycles. The number of fused-ring (bicyclic) bond motifs is 1. The van der Waals surface area contributed by atoms with E-state index in [1.807, 2.05) is 6.92 Å². The van der Waals surface area contributed by atoms with Gasteiger partial charge in [-0.1, -0.05) is 49.7 Å². The summed E-state index contributed by atoms with van der Waals surface area (Å²) >= 11 is 5.15. The van der Waals surface area contributed by atoms with Gasteiger partial charge in [-0.15, -0.1) is 0 Å². The third-order valence-corrected chi connectivity index (χ3v) is 8.27. The van der Waals surface area contributed by atoms with E-state index in [4.69, 9.17) is 33.5 Å². The number of unbranched alkanes of at least 4 members (excludes halogenated alkanes) is 1. The van der Waals surface area contributed by atoms with Gasteiger partial charge < -0.3 is 24.2 Å². The molecule has 1 saturated heterocycles. The second kappa shape index (κ2) is 13.0. The van der Waals surface area contributed by atoms with E-state index >= 15 is 0 Å². The first-order chi connectivity index (χ1) is 20.2. The lowest BCUT2D eigenvalue weighted by Crippen LogP contribution is -2.45. The Labute approximate surface area is 244 Å². The highest BCUT2D eigenvalue weighted by Gasteiger charge is 2.54. The highest BCUT2D eigenvalue weighted by Crippen LogP contribution is 2.48. The Kier molecular flexibility index (Phi) is 8.92. The van der Waals surface area contributed by atoms with Crippen molar-refractivity contribution < 1.29 is 40.8 Å². The molecule has 1 aliphatic rings. The summed E-state index contributed by atoms with van der Waals surface area (Å²) in [5, 5.41) is 25.9. The van der Waals surface area contributed by atoms with E-state index in [-0.39, 0.29) is 17.1 Å². The molecule has 4 N–H and O–H groups in total. The van der Waals surface area contributed by atoms with Crippen LogP contribution in [0.25, 0.3) is 10.8 Å². The average molecular weight is 610 g/mol. The van der Waals surface area contributed by atoms with Crippen LogP contribution in [-0.4, -0.2) is 62.8 Å². The van der Waals surface area contributed by atoms with E-state index in [1.165, 1.54) is 26.1 Å². The Morgan fingerprint density at radius 1 is 1.32 bits per heavy atom. The van der Waals surface area contributed by atoms with Crippen molar-refractivity contribution in [3.63, 3.8) is 0 Å². The zero-order chi connectivity index (χ0) is 31.6. The number of aromatic amines is 1. The molecule has 1 aromatic heterocycles. The van der Waals surface area contributed by atoms with Gasteiger partial charge in [0.15, 0.2) is 11.0 Å². The van der Waals surface area contributed by atoms with Gasteiger partial charge in [0.05, 0.1) is 15.9 Å². The van der Waals surface area contributed by atoms with Gasteiger partial charge in [-0.2, -0.15) is 5.09 Å². The molecule has 41 heavy (non-hydrogen) atoms. The average Bonchev–Trinajstić information content (AvgIpc) is 3.17. The van der Waals surface area contributed by atoms with Crippen molar-refractivity contribution in [2.75, 3.05) is 13.2 Å². The van der Waals surface area contributed by atoms with Crippen LogP contribution in [0.2, 0.25) is 0 Å². The first-order valence-electron chi connectivity index (χ1n) is 14.0. The Hall–Kier alpha value is -2.90. The second-order valence-corrected chi connectivity index (χ2v) is 11.7. The van der Waals surface area contributed by atoms with Crippen LogP contribution in [0.15, 0.2) is 59.5 Å². The van der Waals surface area contributed by atoms with Crippen LogP contribution in [0, 0.1) is 4.77 Å². The molecule has 12 nitrogen and oxygen atoms in total. The smallest absolute Gasteiger partial charge is 0.459 e. The number of aliphatic hydroxyl groups excluding tert-OH is 1. The summed E-state index contributed by atoms with van der Waals surface area (Å²) in [4.78, 5) is 26.6. The number of aromatic nitrogens is 2. The zero-order valence-corrected chi connectivity index (χ0v) is 24.4. The standard InChI is InChI=1S/C27H34N3O9PS/c1-4-5-15-36-24(33)17(2)29-40(35,39-20-12-8-10-18-9-6-7-11-19(18)20)37-16-21-23(32)27(3,34)25(38-21)30-14-13-22(31)28-26(30)41/h6-14,17,21,23,25,32,34H,4-5,15-16H2,1-3H3,(H,29,35)(H,28,31,41)/t17-,21+,23-,25+,27?,40+/m0/s1/i16D2. The SMILES string of the molecule is [2H]C([2H])(O[P@](=O)(N[C@@H](C)C(=O)OCCCC)Oc1cccc2ccccc12)[C@H]1O[C@@H](n2ccc(=O)[nH]c2=S)C(C)(O)[C@H]1O. The van der Waals surface area contributed by atoms with Crippen molar-refractivity contribution in [3.05, 3.63) is 69.9 Å². The number of rotatable bonds is 12. The summed E-state index contributed by atoms with van der Waals surface area (Å²) in [6.07, 6.45) is -2.76. The molecule has 0 bridgehead atoms. The van der Waals surface area contributed by atoms with E-state index in [0.29, 0.717) is 11.8 Å². The van der Waals surface area contributed by atoms with Crippen LogP contribution in [0.3, 0.4) is 0 Å². The third-order valence-electron chi connectivity index (χ3n) is 6.47. The molecule has 14 heteroatoms. The third kappa shape index (κ3) is 7.12. The van der Waals surface area contributed by atoms with Gasteiger partial charge in [-0.3, -0.25) is 23.7 Å². The van der Waals surface area contributed by atoms with Gasteiger partial charge in [-0.25, -0.2) is 4.57 Å². The molecule has 0 amide bonds. The summed E-state index contributed by atoms with van der Waals surface area (Å²) in [6.45, 7) is 1.49. The maximum atomic E-state index is 14.3. The number of ether oxygens (including phenoxy) is 2. The monoisotopic (exact) mass is 609 g/mol. The minimum atomic E-state index is -4.82. The number of nitrogens with one attached hydrogen (secondary N) is 2. The quantitative estimate of drug-likeness (QED) is 0.103. The summed E-state index contributed by atoms with van der Waals surface area (Å²) in [5.41, 5.74) is -2.67. The van der Waals surface area contributed by atoms with Crippen LogP contribution in [-0.2, 0) is 23.4 Å². The van der Waals surface area contributed by atoms with Gasteiger partial charge in [0.2, 0.25) is 0 Å². The minimum Gasteiger partial charge on any atom is -0.465 e. The first kappa shape index (κ1) is 28.2. The van der Waals surface area contributed by atoms with Crippen molar-refractivity contribution in [1.82, 2.24) is 14.6 Å². The van der Waals surface area contributed by atoms with Crippen molar-refractivity contribution >= 4 is 36.7 Å². The predicted molar refractivity (Wildman–Crippen MR) is 153 cm³/mol. The van der Waals surface area contributed by atoms with Crippen LogP contribution >= 0.6 is 20.0 Å². The molecule has 2 heterocycles. The van der Waals surface area contributed by atoms with Gasteiger partial charge in [0, 0.05) is 17.6 Å². The van der Waals surface area contributed by atoms with Gasteiger partial charge >= 0.3 is 13.7 Å². The number of aliphatic hydroxyl groups is 2. The van der Waals surface area contributed by atoms with E-state index in [2.05, 4.69) is 10.1 Å². The largest absolute Gasteiger partial charge is 0.465 e. The molecule has 222 valence electrons. The predicted octanol–water partition coefficient (Wildman–Crippen LogP) is 3.59. The topological polar surface area (TPSA) is 161 Å². The van der Waals surface area contributed by atoms with E-state index in [0.717, 1.165) is 22.4 Å². The Bertz CT molecular complexity index is 1630. The van der Waals surface area contributed by atoms with Crippen molar-refractivity contribution in [2.24, 2.45) is 0 Å². The molecule has 1 unspecified atom stereocenters. The number of carbonyl (C=O) groups is 1. The van der Waals surface area contributed by atoms with Crippen LogP contribution < -0.4 is 15.2 Å². The maximum Gasteiger partial charge on any atom is 0.459 e. The number of esters is 1. The van der Waals surface area contributed by atoms with E-state index < -0.39 is 55.9 Å². The van der Waals surface area contributed by atoms with Crippen LogP contribution in [0.4, 0.5) is 0 Å². The lowest BCUT2D eigenvalue weighted by molar-refractivity contribution is -0.145. The molecule has 0 aliphatic carbocycles. The molecule has 1 fully saturated rings. The molecule has 0 saturated carbocycles. The number of H-pyrrole nitrogens is 1. The van der Waals surface area contributed by atoms with Crippen LogP contribution in [0.5, 0.6) is 5.75 Å². The van der Waals surface area contributed by atoms with E-state index in [9.17, 15) is 24.4 Å². The Balaban J connectivity index is 1.67. The summed E-state index contributed by atoms with van der Waals surface area (Å²) in [5.74, 6) is -0.708. The molecule has 6 atom stereocenters. The van der Waals surface area contributed by atoms with Crippen molar-refractivity contribution in [1.29, 1.82) is 0 Å². The van der Waals surface area contributed by atoms with Crippen molar-refractivity contribution in [3.8, 4) is 5.75 Å². The van der Waals surface area contributed by atoms with Crippen LogP contribution in [0.1, 0.15) is 42.6 Å². The van der Waals surface area contributed by atoms with Gasteiger partial charge in [0.1, 0.15) is 29.6 Å². The molecular formula is C27H34N3O9PS. The maximum absolute atomic E-state index is 14.3. The fourth-order valence-electron chi connectivity index (χ4n) is 4.18. The zero-order valence-electron chi connectivity index (χ0n) is 24.7. The lowest BCUT2D eigenvalue weighted by Gasteiger charge is -2.28. The molecule has 3 aromatic rings. The second-order valence-electron chi connectivity index (χ2n) is 9.74. The molecule has 0 radical (unpaired) electrons. The lowest BCUT2D eigenvalue weighted by atomic mass is 9.96. The molecule has 4 rings (SSSR count). The highest BCUT2D eigenvalue weighted by atomic mass is 32.1. The molecular weight excluding hydrogens is 573 g/mol. The van der Waals surface area contributed by atoms with E-state index in [1.54, 1.807) is 36.4 Å². The fourth-order valence-corrected chi connectivity index (χ4v) is 5.82. The van der Waals surface area contributed by atoms with Gasteiger partial charge in [-0.05, 0) is 43.9 Å². The number of hydrogen-bond acceptors (Lipinski definition) is 10. The Morgan fingerprint density at radius 3 is 2.78 bits per heavy atom. The van der Waals surface area contributed by atoms with Gasteiger partial charge in [0.25, 0.3) is 5.56 Å². The first-order valence-corrected chi connectivity index (χ1v) is 14.9. The number of carbonyl (C=O) groups excluding carboxylic acids is 1. The minimum absolute atomic E-state index is 0.0635. The van der Waals surface area contributed by atoms with Crippen molar-refractivity contribution in [2.45, 2.75) is 63.7 Å². The molecule has 0 spiro atoms. The fraction of sp³-hybridized carbons (Fsp3) is 0.444. The molecule has 2 aromatic carbocycles. The highest BCUT2D eigenvalue weighted by molar-refractivity contribution is 7.71. The summed E-state index contributed by atoms with van der Waals surface area (Å²) < 4.78 is 54.8. The Morgan fingerprint density at radius 2 is 2.05 bits per heavy atom. The number of benzene rings is 2.